The molecule has 0 aliphatic carbocycles. The van der Waals surface area contributed by atoms with Gasteiger partial charge in [0.05, 0.1) is 0 Å². The summed E-state index contributed by atoms with van der Waals surface area (Å²) in [6, 6.07) is 4.41. The second-order valence-electron chi connectivity index (χ2n) is 2.67. The SMILES string of the molecule is NC(=S)c1ccc(CNC=O)c(F)c1. The molecule has 5 heteroatoms. The minimum Gasteiger partial charge on any atom is -0.389 e. The molecule has 3 nitrogen and oxygen atoms in total. The van der Waals surface area contributed by atoms with Crippen molar-refractivity contribution in [2.75, 3.05) is 0 Å². The van der Waals surface area contributed by atoms with Crippen LogP contribution in [0.3, 0.4) is 0 Å². The fourth-order valence-corrected chi connectivity index (χ4v) is 1.12. The average Bonchev–Trinajstić information content (AvgIpc) is 2.15. The minimum atomic E-state index is -0.426. The summed E-state index contributed by atoms with van der Waals surface area (Å²) in [5, 5.41) is 2.37. The third kappa shape index (κ3) is 2.50. The molecule has 1 amide bonds. The lowest BCUT2D eigenvalue weighted by Crippen LogP contribution is -2.13. The van der Waals surface area contributed by atoms with E-state index in [0.717, 1.165) is 0 Å². The lowest BCUT2D eigenvalue weighted by atomic mass is 10.1. The van der Waals surface area contributed by atoms with E-state index in [4.69, 9.17) is 18.0 Å². The zero-order valence-corrected chi connectivity index (χ0v) is 8.10. The molecule has 0 unspecified atom stereocenters. The van der Waals surface area contributed by atoms with E-state index in [1.54, 1.807) is 12.1 Å². The number of benzene rings is 1. The fraction of sp³-hybridized carbons (Fsp3) is 0.111. The second kappa shape index (κ2) is 4.66. The Morgan fingerprint density at radius 1 is 1.64 bits per heavy atom. The maximum atomic E-state index is 13.3. The van der Waals surface area contributed by atoms with E-state index in [1.807, 2.05) is 0 Å². The van der Waals surface area contributed by atoms with Crippen molar-refractivity contribution in [2.45, 2.75) is 6.54 Å². The number of thiocarbonyl (C=S) groups is 1. The molecule has 74 valence electrons. The Bertz CT molecular complexity index is 368. The Morgan fingerprint density at radius 3 is 2.86 bits per heavy atom. The van der Waals surface area contributed by atoms with Gasteiger partial charge in [-0.25, -0.2) is 4.39 Å². The zero-order valence-electron chi connectivity index (χ0n) is 7.29. The van der Waals surface area contributed by atoms with Gasteiger partial charge in [0, 0.05) is 17.7 Å². The van der Waals surface area contributed by atoms with Gasteiger partial charge in [0.2, 0.25) is 6.41 Å². The van der Waals surface area contributed by atoms with Crippen molar-refractivity contribution in [1.82, 2.24) is 5.32 Å². The van der Waals surface area contributed by atoms with E-state index in [9.17, 15) is 9.18 Å². The van der Waals surface area contributed by atoms with Gasteiger partial charge in [-0.05, 0) is 6.07 Å². The van der Waals surface area contributed by atoms with Crippen LogP contribution in [0.1, 0.15) is 11.1 Å². The number of rotatable bonds is 4. The van der Waals surface area contributed by atoms with Crippen molar-refractivity contribution in [2.24, 2.45) is 5.73 Å². The molecule has 1 rings (SSSR count). The summed E-state index contributed by atoms with van der Waals surface area (Å²) in [5.41, 5.74) is 6.20. The molecule has 0 saturated heterocycles. The number of carbonyl (C=O) groups excluding carboxylic acids is 1. The van der Waals surface area contributed by atoms with Crippen LogP contribution >= 0.6 is 12.2 Å². The molecule has 0 aromatic heterocycles. The van der Waals surface area contributed by atoms with Crippen LogP contribution in [0, 0.1) is 5.82 Å². The Balaban J connectivity index is 2.89. The Kier molecular flexibility index (Phi) is 3.53. The molecule has 0 spiro atoms. The molecule has 3 N–H and O–H groups in total. The van der Waals surface area contributed by atoms with Gasteiger partial charge in [0.15, 0.2) is 0 Å². The highest BCUT2D eigenvalue weighted by Gasteiger charge is 2.04. The number of amides is 1. The van der Waals surface area contributed by atoms with Crippen LogP contribution in [0.15, 0.2) is 18.2 Å². The smallest absolute Gasteiger partial charge is 0.207 e. The third-order valence-electron chi connectivity index (χ3n) is 1.71. The normalized spacial score (nSPS) is 9.50. The van der Waals surface area contributed by atoms with Crippen LogP contribution < -0.4 is 11.1 Å². The van der Waals surface area contributed by atoms with Crippen molar-refractivity contribution < 1.29 is 9.18 Å². The van der Waals surface area contributed by atoms with E-state index in [-0.39, 0.29) is 11.5 Å². The molecule has 0 aliphatic heterocycles. The molecular weight excluding hydrogens is 203 g/mol. The first-order chi connectivity index (χ1) is 6.65. The molecule has 14 heavy (non-hydrogen) atoms. The quantitative estimate of drug-likeness (QED) is 0.570. The lowest BCUT2D eigenvalue weighted by molar-refractivity contribution is -0.109. The van der Waals surface area contributed by atoms with Gasteiger partial charge in [-0.3, -0.25) is 4.79 Å². The molecule has 0 atom stereocenters. The predicted octanol–water partition coefficient (Wildman–Crippen LogP) is 0.706. The van der Waals surface area contributed by atoms with Crippen molar-refractivity contribution >= 4 is 23.6 Å². The van der Waals surface area contributed by atoms with Gasteiger partial charge in [0.1, 0.15) is 10.8 Å². The number of hydrogen-bond acceptors (Lipinski definition) is 2. The molecule has 0 bridgehead atoms. The van der Waals surface area contributed by atoms with Crippen LogP contribution in [0.2, 0.25) is 0 Å². The van der Waals surface area contributed by atoms with Crippen molar-refractivity contribution in [1.29, 1.82) is 0 Å². The second-order valence-corrected chi connectivity index (χ2v) is 3.11. The van der Waals surface area contributed by atoms with Crippen LogP contribution in [0.25, 0.3) is 0 Å². The lowest BCUT2D eigenvalue weighted by Gasteiger charge is -2.04. The first-order valence-corrected chi connectivity index (χ1v) is 4.31. The molecule has 1 aromatic carbocycles. The van der Waals surface area contributed by atoms with Crippen molar-refractivity contribution in [3.63, 3.8) is 0 Å². The maximum Gasteiger partial charge on any atom is 0.207 e. The molecule has 1 aromatic rings. The minimum absolute atomic E-state index is 0.152. The van der Waals surface area contributed by atoms with Gasteiger partial charge >= 0.3 is 0 Å². The highest BCUT2D eigenvalue weighted by atomic mass is 32.1. The predicted molar refractivity (Wildman–Crippen MR) is 55.2 cm³/mol. The summed E-state index contributed by atoms with van der Waals surface area (Å²) in [7, 11) is 0. The number of hydrogen-bond donors (Lipinski definition) is 2. The summed E-state index contributed by atoms with van der Waals surface area (Å²) < 4.78 is 13.3. The number of carbonyl (C=O) groups is 1. The van der Waals surface area contributed by atoms with Crippen LogP contribution in [0.4, 0.5) is 4.39 Å². The van der Waals surface area contributed by atoms with Gasteiger partial charge in [-0.2, -0.15) is 0 Å². The van der Waals surface area contributed by atoms with Crippen molar-refractivity contribution in [3.8, 4) is 0 Å². The first-order valence-electron chi connectivity index (χ1n) is 3.90. The van der Waals surface area contributed by atoms with E-state index < -0.39 is 5.82 Å². The van der Waals surface area contributed by atoms with Gasteiger partial charge < -0.3 is 11.1 Å². The van der Waals surface area contributed by atoms with E-state index in [2.05, 4.69) is 5.32 Å². The van der Waals surface area contributed by atoms with Gasteiger partial charge in [-0.15, -0.1) is 0 Å². The van der Waals surface area contributed by atoms with E-state index >= 15 is 0 Å². The van der Waals surface area contributed by atoms with Crippen LogP contribution in [-0.4, -0.2) is 11.4 Å². The number of nitrogens with one attached hydrogen (secondary N) is 1. The largest absolute Gasteiger partial charge is 0.389 e. The van der Waals surface area contributed by atoms with Crippen LogP contribution in [-0.2, 0) is 11.3 Å². The number of nitrogens with two attached hydrogens (primary N) is 1. The van der Waals surface area contributed by atoms with Crippen molar-refractivity contribution in [3.05, 3.63) is 35.1 Å². The molecule has 0 aliphatic rings. The molecule has 0 fully saturated rings. The molecule has 0 saturated carbocycles. The topological polar surface area (TPSA) is 55.1 Å². The standard InChI is InChI=1S/C9H9FN2OS/c10-8-3-6(9(11)14)1-2-7(8)4-12-5-13/h1-3,5H,4H2,(H2,11,14)(H,12,13). The van der Waals surface area contributed by atoms with Gasteiger partial charge in [0.25, 0.3) is 0 Å². The Morgan fingerprint density at radius 2 is 2.36 bits per heavy atom. The summed E-state index contributed by atoms with van der Waals surface area (Å²) in [4.78, 5) is 10.1. The highest BCUT2D eigenvalue weighted by molar-refractivity contribution is 7.80. The van der Waals surface area contributed by atoms with Gasteiger partial charge in [-0.1, -0.05) is 24.4 Å². The Hall–Kier alpha value is -1.49. The first kappa shape index (κ1) is 10.6. The zero-order chi connectivity index (χ0) is 10.6. The summed E-state index contributed by atoms with van der Waals surface area (Å²) in [6.07, 6.45) is 0.515. The van der Waals surface area contributed by atoms with Crippen LogP contribution in [0.5, 0.6) is 0 Å². The fourth-order valence-electron chi connectivity index (χ4n) is 0.996. The molecule has 0 radical (unpaired) electrons. The summed E-state index contributed by atoms with van der Waals surface area (Å²) in [6.45, 7) is 0.160. The number of halogens is 1. The van der Waals surface area contributed by atoms with E-state index in [1.165, 1.54) is 6.07 Å². The monoisotopic (exact) mass is 212 g/mol. The molecular formula is C9H9FN2OS. The third-order valence-corrected chi connectivity index (χ3v) is 1.95. The van der Waals surface area contributed by atoms with E-state index in [0.29, 0.717) is 17.5 Å². The average molecular weight is 212 g/mol. The molecule has 0 heterocycles. The summed E-state index contributed by atoms with van der Waals surface area (Å²) >= 11 is 4.69. The maximum absolute atomic E-state index is 13.3. The Labute approximate surface area is 86.1 Å². The summed E-state index contributed by atoms with van der Waals surface area (Å²) in [5.74, 6) is -0.426. The highest BCUT2D eigenvalue weighted by Crippen LogP contribution is 2.10.